The van der Waals surface area contributed by atoms with Gasteiger partial charge in [-0.1, -0.05) is 21.3 Å². The van der Waals surface area contributed by atoms with Gasteiger partial charge in [0.1, 0.15) is 0 Å². The summed E-state index contributed by atoms with van der Waals surface area (Å²) in [5.41, 5.74) is 0. The Morgan fingerprint density at radius 3 is 2.25 bits per heavy atom. The van der Waals surface area contributed by atoms with E-state index in [2.05, 4.69) is 19.2 Å². The normalized spacial score (nSPS) is 9.42. The minimum atomic E-state index is 0. The van der Waals surface area contributed by atoms with E-state index in [-0.39, 0.29) is 13.3 Å². The maximum Gasteiger partial charge on any atom is 0.223 e. The van der Waals surface area contributed by atoms with Crippen molar-refractivity contribution < 1.29 is 4.79 Å². The number of amides is 1. The van der Waals surface area contributed by atoms with Gasteiger partial charge >= 0.3 is 0 Å². The summed E-state index contributed by atoms with van der Waals surface area (Å²) in [7, 11) is 3.55. The van der Waals surface area contributed by atoms with E-state index in [9.17, 15) is 4.79 Å². The quantitative estimate of drug-likeness (QED) is 0.692. The van der Waals surface area contributed by atoms with Crippen LogP contribution in [0.5, 0.6) is 0 Å². The molecule has 0 aromatic carbocycles. The van der Waals surface area contributed by atoms with Crippen molar-refractivity contribution >= 4 is 5.91 Å². The monoisotopic (exact) mass is 174 g/mol. The molecule has 0 spiro atoms. The van der Waals surface area contributed by atoms with Crippen LogP contribution in [-0.2, 0) is 4.79 Å². The van der Waals surface area contributed by atoms with Gasteiger partial charge in [-0.2, -0.15) is 0 Å². The SMILES string of the molecule is C.CC(C)NCCC(=O)N(C)C. The molecule has 0 rings (SSSR count). The Balaban J connectivity index is 0. The van der Waals surface area contributed by atoms with Crippen LogP contribution in [0, 0.1) is 0 Å². The molecule has 0 saturated carbocycles. The van der Waals surface area contributed by atoms with Gasteiger partial charge in [0.25, 0.3) is 0 Å². The standard InChI is InChI=1S/C8H18N2O.CH4/c1-7(2)9-6-5-8(11)10(3)4;/h7,9H,5-6H2,1-4H3;1H4. The smallest absolute Gasteiger partial charge is 0.223 e. The van der Waals surface area contributed by atoms with Gasteiger partial charge in [0.2, 0.25) is 5.91 Å². The lowest BCUT2D eigenvalue weighted by Crippen LogP contribution is -2.29. The molecule has 0 aliphatic heterocycles. The van der Waals surface area contributed by atoms with E-state index < -0.39 is 0 Å². The summed E-state index contributed by atoms with van der Waals surface area (Å²) in [6.07, 6.45) is 0.588. The fourth-order valence-corrected chi connectivity index (χ4v) is 0.691. The molecular formula is C9H22N2O. The van der Waals surface area contributed by atoms with Crippen molar-refractivity contribution in [3.05, 3.63) is 0 Å². The topological polar surface area (TPSA) is 32.3 Å². The molecule has 0 unspecified atom stereocenters. The van der Waals surface area contributed by atoms with Gasteiger partial charge in [-0.25, -0.2) is 0 Å². The third kappa shape index (κ3) is 7.54. The molecule has 0 atom stereocenters. The van der Waals surface area contributed by atoms with Gasteiger partial charge in [0, 0.05) is 33.1 Å². The maximum absolute atomic E-state index is 11.0. The Kier molecular flexibility index (Phi) is 8.27. The fraction of sp³-hybridized carbons (Fsp3) is 0.889. The van der Waals surface area contributed by atoms with Gasteiger partial charge in [-0.15, -0.1) is 0 Å². The summed E-state index contributed by atoms with van der Waals surface area (Å²) in [6.45, 7) is 4.91. The lowest BCUT2D eigenvalue weighted by molar-refractivity contribution is -0.128. The molecule has 0 aromatic heterocycles. The molecule has 0 fully saturated rings. The van der Waals surface area contributed by atoms with Crippen LogP contribution in [0.15, 0.2) is 0 Å². The molecule has 1 N–H and O–H groups in total. The zero-order valence-electron chi connectivity index (χ0n) is 7.85. The van der Waals surface area contributed by atoms with E-state index in [1.165, 1.54) is 0 Å². The third-order valence-electron chi connectivity index (χ3n) is 1.39. The zero-order chi connectivity index (χ0) is 8.85. The Bertz CT molecular complexity index is 122. The first-order valence-electron chi connectivity index (χ1n) is 3.97. The molecule has 12 heavy (non-hydrogen) atoms. The Hall–Kier alpha value is -0.570. The van der Waals surface area contributed by atoms with Crippen LogP contribution in [0.4, 0.5) is 0 Å². The molecule has 0 heterocycles. The van der Waals surface area contributed by atoms with E-state index in [1.807, 2.05) is 0 Å². The summed E-state index contributed by atoms with van der Waals surface area (Å²) in [5.74, 6) is 0.179. The Morgan fingerprint density at radius 2 is 1.92 bits per heavy atom. The highest BCUT2D eigenvalue weighted by atomic mass is 16.2. The average molecular weight is 174 g/mol. The minimum Gasteiger partial charge on any atom is -0.349 e. The predicted octanol–water partition coefficient (Wildman–Crippen LogP) is 1.10. The first kappa shape index (κ1) is 14.0. The molecule has 0 aliphatic carbocycles. The van der Waals surface area contributed by atoms with E-state index >= 15 is 0 Å². The fourth-order valence-electron chi connectivity index (χ4n) is 0.691. The van der Waals surface area contributed by atoms with Crippen LogP contribution in [0.25, 0.3) is 0 Å². The van der Waals surface area contributed by atoms with Crippen LogP contribution in [0.3, 0.4) is 0 Å². The second-order valence-corrected chi connectivity index (χ2v) is 3.15. The van der Waals surface area contributed by atoms with Gasteiger partial charge in [-0.05, 0) is 0 Å². The average Bonchev–Trinajstić information content (AvgIpc) is 1.86. The van der Waals surface area contributed by atoms with E-state index in [0.717, 1.165) is 6.54 Å². The highest BCUT2D eigenvalue weighted by Gasteiger charge is 2.02. The van der Waals surface area contributed by atoms with Crippen molar-refractivity contribution in [3.8, 4) is 0 Å². The molecule has 0 aromatic rings. The second-order valence-electron chi connectivity index (χ2n) is 3.15. The second kappa shape index (κ2) is 7.10. The zero-order valence-corrected chi connectivity index (χ0v) is 7.85. The number of carbonyl (C=O) groups is 1. The molecule has 74 valence electrons. The summed E-state index contributed by atoms with van der Waals surface area (Å²) >= 11 is 0. The Morgan fingerprint density at radius 1 is 1.42 bits per heavy atom. The summed E-state index contributed by atoms with van der Waals surface area (Å²) in [5, 5.41) is 3.18. The lowest BCUT2D eigenvalue weighted by Gasteiger charge is -2.11. The minimum absolute atomic E-state index is 0. The van der Waals surface area contributed by atoms with Crippen LogP contribution < -0.4 is 5.32 Å². The van der Waals surface area contributed by atoms with Crippen molar-refractivity contribution in [1.82, 2.24) is 10.2 Å². The van der Waals surface area contributed by atoms with Crippen molar-refractivity contribution in [1.29, 1.82) is 0 Å². The van der Waals surface area contributed by atoms with Crippen molar-refractivity contribution in [2.24, 2.45) is 0 Å². The van der Waals surface area contributed by atoms with Crippen LogP contribution in [-0.4, -0.2) is 37.5 Å². The largest absolute Gasteiger partial charge is 0.349 e. The number of nitrogens with zero attached hydrogens (tertiary/aromatic N) is 1. The molecule has 0 aliphatic rings. The van der Waals surface area contributed by atoms with Gasteiger partial charge < -0.3 is 10.2 Å². The Labute approximate surface area is 76.1 Å². The molecule has 0 saturated heterocycles. The predicted molar refractivity (Wildman–Crippen MR) is 53.2 cm³/mol. The number of carbonyl (C=O) groups excluding carboxylic acids is 1. The highest BCUT2D eigenvalue weighted by molar-refractivity contribution is 5.75. The van der Waals surface area contributed by atoms with Crippen LogP contribution in [0.2, 0.25) is 0 Å². The van der Waals surface area contributed by atoms with E-state index in [4.69, 9.17) is 0 Å². The molecule has 3 nitrogen and oxygen atoms in total. The summed E-state index contributed by atoms with van der Waals surface area (Å²) in [4.78, 5) is 12.6. The van der Waals surface area contributed by atoms with Crippen molar-refractivity contribution in [2.75, 3.05) is 20.6 Å². The van der Waals surface area contributed by atoms with Crippen molar-refractivity contribution in [2.45, 2.75) is 33.7 Å². The van der Waals surface area contributed by atoms with Crippen LogP contribution in [0.1, 0.15) is 27.7 Å². The van der Waals surface area contributed by atoms with Gasteiger partial charge in [0.15, 0.2) is 0 Å². The molecule has 0 bridgehead atoms. The van der Waals surface area contributed by atoms with Crippen molar-refractivity contribution in [3.63, 3.8) is 0 Å². The summed E-state index contributed by atoms with van der Waals surface area (Å²) < 4.78 is 0. The highest BCUT2D eigenvalue weighted by Crippen LogP contribution is 1.85. The molecule has 1 amide bonds. The number of hydrogen-bond acceptors (Lipinski definition) is 2. The maximum atomic E-state index is 11.0. The summed E-state index contributed by atoms with van der Waals surface area (Å²) in [6, 6.07) is 0.463. The first-order valence-corrected chi connectivity index (χ1v) is 3.97. The number of hydrogen-bond donors (Lipinski definition) is 1. The number of rotatable bonds is 4. The molecule has 0 radical (unpaired) electrons. The third-order valence-corrected chi connectivity index (χ3v) is 1.39. The number of nitrogens with one attached hydrogen (secondary N) is 1. The molecule has 3 heteroatoms. The van der Waals surface area contributed by atoms with Gasteiger partial charge in [-0.3, -0.25) is 4.79 Å². The van der Waals surface area contributed by atoms with Gasteiger partial charge in [0.05, 0.1) is 0 Å². The van der Waals surface area contributed by atoms with Crippen LogP contribution >= 0.6 is 0 Å². The van der Waals surface area contributed by atoms with E-state index in [0.29, 0.717) is 12.5 Å². The molecular weight excluding hydrogens is 152 g/mol. The van der Waals surface area contributed by atoms with E-state index in [1.54, 1.807) is 19.0 Å². The first-order chi connectivity index (χ1) is 5.04. The lowest BCUT2D eigenvalue weighted by atomic mass is 10.3.